The third kappa shape index (κ3) is 5.33. The Kier molecular flexibility index (Phi) is 7.06. The lowest BCUT2D eigenvalue weighted by Crippen LogP contribution is -2.23. The van der Waals surface area contributed by atoms with Gasteiger partial charge < -0.3 is 19.4 Å². The highest BCUT2D eigenvalue weighted by Gasteiger charge is 2.18. The Morgan fingerprint density at radius 2 is 2.14 bits per heavy atom. The van der Waals surface area contributed by atoms with Crippen LogP contribution < -0.4 is 15.5 Å². The first kappa shape index (κ1) is 20.4. The van der Waals surface area contributed by atoms with E-state index in [0.29, 0.717) is 17.8 Å². The number of hydrazone groups is 1. The molecule has 1 atom stereocenters. The van der Waals surface area contributed by atoms with Crippen molar-refractivity contribution >= 4 is 29.2 Å². The van der Waals surface area contributed by atoms with E-state index in [1.54, 1.807) is 6.21 Å². The van der Waals surface area contributed by atoms with Gasteiger partial charge in [0, 0.05) is 35.8 Å². The van der Waals surface area contributed by atoms with Crippen LogP contribution in [0, 0.1) is 13.8 Å². The van der Waals surface area contributed by atoms with E-state index in [4.69, 9.17) is 21.7 Å². The molecule has 1 aliphatic heterocycles. The number of anilines is 1. The molecule has 28 heavy (non-hydrogen) atoms. The summed E-state index contributed by atoms with van der Waals surface area (Å²) in [4.78, 5) is 0. The van der Waals surface area contributed by atoms with Crippen molar-refractivity contribution in [3.63, 3.8) is 0 Å². The predicted molar refractivity (Wildman–Crippen MR) is 117 cm³/mol. The van der Waals surface area contributed by atoms with Crippen LogP contribution in [0.1, 0.15) is 36.7 Å². The Morgan fingerprint density at radius 3 is 2.82 bits per heavy atom. The Bertz CT molecular complexity index is 824. The molecule has 150 valence electrons. The molecule has 2 N–H and O–H groups in total. The molecular weight excluding hydrogens is 372 g/mol. The number of hydrogen-bond donors (Lipinski definition) is 2. The number of thiocarbonyl (C=S) groups is 1. The van der Waals surface area contributed by atoms with Crippen molar-refractivity contribution in [3.05, 3.63) is 47.3 Å². The van der Waals surface area contributed by atoms with Crippen LogP contribution in [0.15, 0.2) is 35.4 Å². The van der Waals surface area contributed by atoms with Crippen LogP contribution in [0.25, 0.3) is 0 Å². The summed E-state index contributed by atoms with van der Waals surface area (Å²) in [5, 5.41) is 7.83. The van der Waals surface area contributed by atoms with Crippen LogP contribution in [-0.2, 0) is 11.3 Å². The number of nitrogens with one attached hydrogen (secondary N) is 2. The molecule has 0 bridgehead atoms. The van der Waals surface area contributed by atoms with Gasteiger partial charge >= 0.3 is 0 Å². The molecule has 2 heterocycles. The highest BCUT2D eigenvalue weighted by atomic mass is 32.1. The largest absolute Gasteiger partial charge is 0.494 e. The lowest BCUT2D eigenvalue weighted by atomic mass is 10.2. The number of benzene rings is 1. The molecule has 0 saturated carbocycles. The van der Waals surface area contributed by atoms with E-state index in [2.05, 4.69) is 40.3 Å². The Hall–Kier alpha value is -2.38. The zero-order valence-corrected chi connectivity index (χ0v) is 17.5. The van der Waals surface area contributed by atoms with E-state index in [-0.39, 0.29) is 0 Å². The third-order valence-electron chi connectivity index (χ3n) is 4.82. The molecule has 3 rings (SSSR count). The van der Waals surface area contributed by atoms with Crippen molar-refractivity contribution < 1.29 is 9.47 Å². The summed E-state index contributed by atoms with van der Waals surface area (Å²) in [7, 11) is 0. The van der Waals surface area contributed by atoms with Crippen LogP contribution in [0.5, 0.6) is 5.75 Å². The van der Waals surface area contributed by atoms with Gasteiger partial charge in [0.2, 0.25) is 0 Å². The van der Waals surface area contributed by atoms with Gasteiger partial charge in [0.1, 0.15) is 5.75 Å². The van der Waals surface area contributed by atoms with E-state index in [1.165, 1.54) is 11.4 Å². The molecule has 1 aromatic carbocycles. The van der Waals surface area contributed by atoms with E-state index >= 15 is 0 Å². The van der Waals surface area contributed by atoms with E-state index in [0.717, 1.165) is 43.0 Å². The van der Waals surface area contributed by atoms with Crippen LogP contribution in [0.4, 0.5) is 5.69 Å². The Morgan fingerprint density at radius 1 is 1.36 bits per heavy atom. The van der Waals surface area contributed by atoms with Crippen LogP contribution in [-0.4, -0.2) is 35.2 Å². The van der Waals surface area contributed by atoms with E-state index in [9.17, 15) is 0 Å². The van der Waals surface area contributed by atoms with E-state index in [1.807, 2.05) is 31.2 Å². The van der Waals surface area contributed by atoms with Gasteiger partial charge in [0.25, 0.3) is 0 Å². The lowest BCUT2D eigenvalue weighted by Gasteiger charge is -2.14. The molecule has 7 heteroatoms. The highest BCUT2D eigenvalue weighted by Crippen LogP contribution is 2.19. The van der Waals surface area contributed by atoms with Gasteiger partial charge in [-0.3, -0.25) is 5.43 Å². The molecular formula is C21H28N4O2S. The number of hydrogen-bond acceptors (Lipinski definition) is 4. The molecule has 0 aliphatic carbocycles. The molecule has 1 fully saturated rings. The number of aromatic nitrogens is 1. The topological polar surface area (TPSA) is 59.8 Å². The van der Waals surface area contributed by atoms with Gasteiger partial charge in [-0.2, -0.15) is 5.10 Å². The third-order valence-corrected chi connectivity index (χ3v) is 5.01. The van der Waals surface area contributed by atoms with Crippen molar-refractivity contribution in [2.75, 3.05) is 18.5 Å². The minimum atomic E-state index is 0.318. The van der Waals surface area contributed by atoms with Crippen LogP contribution >= 0.6 is 12.2 Å². The maximum Gasteiger partial charge on any atom is 0.191 e. The highest BCUT2D eigenvalue weighted by molar-refractivity contribution is 7.80. The monoisotopic (exact) mass is 400 g/mol. The summed E-state index contributed by atoms with van der Waals surface area (Å²) >= 11 is 5.31. The SMILES string of the molecule is CCOc1ccc(NC(=S)N/N=C\c2cc(C)n(C[C@H]3CCCO3)c2C)cc1. The number of aryl methyl sites for hydroxylation is 1. The van der Waals surface area contributed by atoms with E-state index < -0.39 is 0 Å². The van der Waals surface area contributed by atoms with Crippen molar-refractivity contribution in [2.45, 2.75) is 46.3 Å². The van der Waals surface area contributed by atoms with Crippen molar-refractivity contribution in [1.29, 1.82) is 0 Å². The number of nitrogens with zero attached hydrogens (tertiary/aromatic N) is 2. The number of ether oxygens (including phenoxy) is 2. The average Bonchev–Trinajstić information content (AvgIpc) is 3.28. The fraction of sp³-hybridized carbons (Fsp3) is 0.429. The standard InChI is InChI=1S/C21H28N4O2S/c1-4-26-19-9-7-18(8-10-19)23-21(28)24-22-13-17-12-15(2)25(16(17)3)14-20-6-5-11-27-20/h7-10,12-13,20H,4-6,11,14H2,1-3H3,(H2,23,24,28)/b22-13-/t20-/m1/s1. The second-order valence-corrected chi connectivity index (χ2v) is 7.26. The predicted octanol–water partition coefficient (Wildman–Crippen LogP) is 4.00. The minimum absolute atomic E-state index is 0.318. The normalized spacial score (nSPS) is 16.5. The summed E-state index contributed by atoms with van der Waals surface area (Å²) in [5.74, 6) is 0.836. The molecule has 1 aliphatic rings. The molecule has 2 aromatic rings. The van der Waals surface area contributed by atoms with Crippen LogP contribution in [0.2, 0.25) is 0 Å². The van der Waals surface area contributed by atoms with Crippen LogP contribution in [0.3, 0.4) is 0 Å². The molecule has 6 nitrogen and oxygen atoms in total. The lowest BCUT2D eigenvalue weighted by molar-refractivity contribution is 0.0962. The molecule has 0 spiro atoms. The zero-order chi connectivity index (χ0) is 19.9. The summed E-state index contributed by atoms with van der Waals surface area (Å²) in [6, 6.07) is 9.78. The van der Waals surface area contributed by atoms with Gasteiger partial charge in [-0.1, -0.05) is 0 Å². The zero-order valence-electron chi connectivity index (χ0n) is 16.7. The molecule has 0 unspecified atom stereocenters. The fourth-order valence-corrected chi connectivity index (χ4v) is 3.52. The maximum absolute atomic E-state index is 5.77. The van der Waals surface area contributed by atoms with Crippen molar-refractivity contribution in [2.24, 2.45) is 5.10 Å². The second-order valence-electron chi connectivity index (χ2n) is 6.85. The first-order valence-corrected chi connectivity index (χ1v) is 10.1. The first-order chi connectivity index (χ1) is 13.6. The van der Waals surface area contributed by atoms with Gasteiger partial charge in [0.15, 0.2) is 5.11 Å². The van der Waals surface area contributed by atoms with Gasteiger partial charge in [-0.25, -0.2) is 0 Å². The van der Waals surface area contributed by atoms with Gasteiger partial charge in [-0.05, 0) is 76.2 Å². The average molecular weight is 401 g/mol. The van der Waals surface area contributed by atoms with Crippen molar-refractivity contribution in [1.82, 2.24) is 9.99 Å². The summed E-state index contributed by atoms with van der Waals surface area (Å²) in [6.07, 6.45) is 4.41. The fourth-order valence-electron chi connectivity index (χ4n) is 3.35. The molecule has 1 aromatic heterocycles. The molecule has 1 saturated heterocycles. The quantitative estimate of drug-likeness (QED) is 0.418. The van der Waals surface area contributed by atoms with Gasteiger partial charge in [-0.15, -0.1) is 0 Å². The van der Waals surface area contributed by atoms with Gasteiger partial charge in [0.05, 0.1) is 18.9 Å². The van der Waals surface area contributed by atoms with Crippen molar-refractivity contribution in [3.8, 4) is 5.75 Å². The Balaban J connectivity index is 1.54. The minimum Gasteiger partial charge on any atom is -0.494 e. The summed E-state index contributed by atoms with van der Waals surface area (Å²) in [6.45, 7) is 8.61. The molecule has 0 amide bonds. The molecule has 0 radical (unpaired) electrons. The Labute approximate surface area is 171 Å². The number of rotatable bonds is 7. The summed E-state index contributed by atoms with van der Waals surface area (Å²) < 4.78 is 13.5. The first-order valence-electron chi connectivity index (χ1n) is 9.68. The smallest absolute Gasteiger partial charge is 0.191 e. The summed E-state index contributed by atoms with van der Waals surface area (Å²) in [5.41, 5.74) is 7.23. The second kappa shape index (κ2) is 9.71. The maximum atomic E-state index is 5.77.